The number of hydrogen-bond donors (Lipinski definition) is 2. The summed E-state index contributed by atoms with van der Waals surface area (Å²) < 4.78 is 1.45. The van der Waals surface area contributed by atoms with Crippen LogP contribution in [0.1, 0.15) is 5.69 Å². The molecule has 0 saturated heterocycles. The van der Waals surface area contributed by atoms with Crippen molar-refractivity contribution in [2.45, 2.75) is 6.54 Å². The van der Waals surface area contributed by atoms with Crippen LogP contribution in [0.3, 0.4) is 0 Å². The molecule has 0 atom stereocenters. The molecule has 0 aliphatic carbocycles. The molecule has 9 heteroatoms. The van der Waals surface area contributed by atoms with Gasteiger partial charge in [-0.05, 0) is 12.1 Å². The predicted octanol–water partition coefficient (Wildman–Crippen LogP) is 1.80. The second kappa shape index (κ2) is 6.41. The van der Waals surface area contributed by atoms with Gasteiger partial charge < -0.3 is 11.1 Å². The van der Waals surface area contributed by atoms with Crippen LogP contribution in [-0.4, -0.2) is 27.4 Å². The Morgan fingerprint density at radius 2 is 1.95 bits per heavy atom. The summed E-state index contributed by atoms with van der Waals surface area (Å²) in [6, 6.07) is 3.11. The number of amides is 1. The monoisotopic (exact) mass is 333 g/mol. The molecule has 0 radical (unpaired) electrons. The summed E-state index contributed by atoms with van der Waals surface area (Å²) in [5.41, 5.74) is 6.30. The van der Waals surface area contributed by atoms with Crippen LogP contribution in [0.4, 0.5) is 0 Å². The molecule has 6 nitrogen and oxygen atoms in total. The van der Waals surface area contributed by atoms with Crippen LogP contribution in [0.15, 0.2) is 18.3 Å². The van der Waals surface area contributed by atoms with E-state index in [1.165, 1.54) is 10.7 Å². The maximum atomic E-state index is 11.1. The van der Waals surface area contributed by atoms with Crippen LogP contribution in [0.2, 0.25) is 15.1 Å². The Morgan fingerprint density at radius 1 is 1.25 bits per heavy atom. The molecule has 1 amide bonds. The smallest absolute Gasteiger partial charge is 0.234 e. The number of nitrogens with one attached hydrogen (secondary N) is 1. The topological polar surface area (TPSA) is 85.8 Å². The van der Waals surface area contributed by atoms with E-state index in [9.17, 15) is 4.79 Å². The highest BCUT2D eigenvalue weighted by atomic mass is 35.5. The standard InChI is InChI=1S/C11H10Cl3N5O/c12-7-1-9(14)10(2-8(7)13)19-5-6(17-18-19)4-16-11(20)3-15/h1-2,5H,3-4,15H2,(H,16,20). The van der Waals surface area contributed by atoms with Crippen molar-refractivity contribution in [3.63, 3.8) is 0 Å². The first-order chi connectivity index (χ1) is 9.51. The largest absolute Gasteiger partial charge is 0.349 e. The van der Waals surface area contributed by atoms with Gasteiger partial charge in [-0.3, -0.25) is 4.79 Å². The third-order valence-corrected chi connectivity index (χ3v) is 3.45. The van der Waals surface area contributed by atoms with E-state index in [1.54, 1.807) is 12.3 Å². The molecular weight excluding hydrogens is 325 g/mol. The third kappa shape index (κ3) is 3.40. The van der Waals surface area contributed by atoms with Gasteiger partial charge in [0, 0.05) is 0 Å². The SMILES string of the molecule is NCC(=O)NCc1cn(-c2cc(Cl)c(Cl)cc2Cl)nn1. The van der Waals surface area contributed by atoms with E-state index in [0.29, 0.717) is 26.4 Å². The van der Waals surface area contributed by atoms with E-state index in [0.717, 1.165) is 0 Å². The third-order valence-electron chi connectivity index (χ3n) is 2.43. The van der Waals surface area contributed by atoms with E-state index in [4.69, 9.17) is 40.5 Å². The van der Waals surface area contributed by atoms with Crippen molar-refractivity contribution in [1.82, 2.24) is 20.3 Å². The van der Waals surface area contributed by atoms with Gasteiger partial charge in [0.05, 0.1) is 40.0 Å². The normalized spacial score (nSPS) is 10.6. The van der Waals surface area contributed by atoms with E-state index in [1.807, 2.05) is 0 Å². The lowest BCUT2D eigenvalue weighted by molar-refractivity contribution is -0.119. The van der Waals surface area contributed by atoms with Crippen LogP contribution in [0.25, 0.3) is 5.69 Å². The van der Waals surface area contributed by atoms with Crippen molar-refractivity contribution in [2.24, 2.45) is 5.73 Å². The highest BCUT2D eigenvalue weighted by molar-refractivity contribution is 6.43. The minimum atomic E-state index is -0.271. The van der Waals surface area contributed by atoms with Gasteiger partial charge in [-0.15, -0.1) is 5.10 Å². The first-order valence-corrected chi connectivity index (χ1v) is 6.67. The Labute approximate surface area is 129 Å². The summed E-state index contributed by atoms with van der Waals surface area (Å²) in [5, 5.41) is 11.5. The molecular formula is C11H10Cl3N5O. The lowest BCUT2D eigenvalue weighted by atomic mass is 10.3. The summed E-state index contributed by atoms with van der Waals surface area (Å²) in [7, 11) is 0. The quantitative estimate of drug-likeness (QED) is 0.835. The van der Waals surface area contributed by atoms with Gasteiger partial charge in [0.2, 0.25) is 5.91 Å². The number of aromatic nitrogens is 3. The van der Waals surface area contributed by atoms with Crippen molar-refractivity contribution in [3.8, 4) is 5.69 Å². The molecule has 0 spiro atoms. The summed E-state index contributed by atoms with van der Waals surface area (Å²) >= 11 is 17.9. The lowest BCUT2D eigenvalue weighted by Gasteiger charge is -2.05. The van der Waals surface area contributed by atoms with E-state index in [-0.39, 0.29) is 19.0 Å². The molecule has 0 aliphatic rings. The Morgan fingerprint density at radius 3 is 2.65 bits per heavy atom. The van der Waals surface area contributed by atoms with Crippen molar-refractivity contribution in [1.29, 1.82) is 0 Å². The van der Waals surface area contributed by atoms with Crippen LogP contribution in [0.5, 0.6) is 0 Å². The van der Waals surface area contributed by atoms with Gasteiger partial charge in [0.1, 0.15) is 5.69 Å². The molecule has 20 heavy (non-hydrogen) atoms. The van der Waals surface area contributed by atoms with E-state index in [2.05, 4.69) is 15.6 Å². The van der Waals surface area contributed by atoms with E-state index < -0.39 is 0 Å². The van der Waals surface area contributed by atoms with E-state index >= 15 is 0 Å². The minimum Gasteiger partial charge on any atom is -0.349 e. The fourth-order valence-electron chi connectivity index (χ4n) is 1.45. The highest BCUT2D eigenvalue weighted by Gasteiger charge is 2.10. The van der Waals surface area contributed by atoms with Crippen LogP contribution < -0.4 is 11.1 Å². The lowest BCUT2D eigenvalue weighted by Crippen LogP contribution is -2.29. The summed E-state index contributed by atoms with van der Waals surface area (Å²) in [6.45, 7) is 0.154. The average Bonchev–Trinajstić information content (AvgIpc) is 2.88. The fraction of sp³-hybridized carbons (Fsp3) is 0.182. The summed E-state index contributed by atoms with van der Waals surface area (Å²) in [6.07, 6.45) is 1.63. The zero-order valence-electron chi connectivity index (χ0n) is 10.1. The summed E-state index contributed by atoms with van der Waals surface area (Å²) in [5.74, 6) is -0.271. The molecule has 0 saturated carbocycles. The molecule has 106 valence electrons. The summed E-state index contributed by atoms with van der Waals surface area (Å²) in [4.78, 5) is 11.1. The fourth-order valence-corrected chi connectivity index (χ4v) is 2.07. The van der Waals surface area contributed by atoms with Crippen molar-refractivity contribution in [3.05, 3.63) is 39.1 Å². The van der Waals surface area contributed by atoms with Gasteiger partial charge in [0.25, 0.3) is 0 Å². The second-order valence-corrected chi connectivity index (χ2v) is 5.07. The first kappa shape index (κ1) is 15.1. The number of nitrogens with zero attached hydrogens (tertiary/aromatic N) is 3. The number of halogens is 3. The molecule has 0 aliphatic heterocycles. The van der Waals surface area contributed by atoms with Crippen molar-refractivity contribution >= 4 is 40.7 Å². The number of rotatable bonds is 4. The Balaban J connectivity index is 2.20. The van der Waals surface area contributed by atoms with Crippen LogP contribution in [-0.2, 0) is 11.3 Å². The van der Waals surface area contributed by atoms with Crippen molar-refractivity contribution in [2.75, 3.05) is 6.54 Å². The molecule has 1 aromatic carbocycles. The zero-order valence-corrected chi connectivity index (χ0v) is 12.4. The number of carbonyl (C=O) groups excluding carboxylic acids is 1. The second-order valence-electron chi connectivity index (χ2n) is 3.85. The maximum Gasteiger partial charge on any atom is 0.234 e. The molecule has 3 N–H and O–H groups in total. The van der Waals surface area contributed by atoms with Crippen molar-refractivity contribution < 1.29 is 4.79 Å². The van der Waals surface area contributed by atoms with Gasteiger partial charge >= 0.3 is 0 Å². The molecule has 1 aromatic heterocycles. The van der Waals surface area contributed by atoms with Gasteiger partial charge in [-0.2, -0.15) is 0 Å². The molecule has 1 heterocycles. The molecule has 0 fully saturated rings. The van der Waals surface area contributed by atoms with Gasteiger partial charge in [-0.1, -0.05) is 40.0 Å². The molecule has 2 aromatic rings. The average molecular weight is 335 g/mol. The number of hydrogen-bond acceptors (Lipinski definition) is 4. The van der Waals surface area contributed by atoms with Crippen LogP contribution >= 0.6 is 34.8 Å². The van der Waals surface area contributed by atoms with Crippen LogP contribution in [0, 0.1) is 0 Å². The zero-order chi connectivity index (χ0) is 14.7. The number of nitrogens with two attached hydrogens (primary N) is 1. The van der Waals surface area contributed by atoms with Gasteiger partial charge in [-0.25, -0.2) is 4.68 Å². The molecule has 0 bridgehead atoms. The predicted molar refractivity (Wildman–Crippen MR) is 77.3 cm³/mol. The number of carbonyl (C=O) groups is 1. The molecule has 0 unspecified atom stereocenters. The first-order valence-electron chi connectivity index (χ1n) is 5.54. The Bertz CT molecular complexity index is 643. The Kier molecular flexibility index (Phi) is 4.82. The Hall–Kier alpha value is -1.34. The van der Waals surface area contributed by atoms with Gasteiger partial charge in [0.15, 0.2) is 0 Å². The minimum absolute atomic E-state index is 0.0766. The molecule has 2 rings (SSSR count). The maximum absolute atomic E-state index is 11.1. The highest BCUT2D eigenvalue weighted by Crippen LogP contribution is 2.30. The number of benzene rings is 1.